The lowest BCUT2D eigenvalue weighted by Crippen LogP contribution is -2.55. The van der Waals surface area contributed by atoms with Crippen LogP contribution in [0.25, 0.3) is 0 Å². The van der Waals surface area contributed by atoms with Crippen LogP contribution in [0.2, 0.25) is 0 Å². The summed E-state index contributed by atoms with van der Waals surface area (Å²) < 4.78 is 4.50. The lowest BCUT2D eigenvalue weighted by Gasteiger charge is -2.33. The van der Waals surface area contributed by atoms with Crippen LogP contribution in [-0.2, 0) is 14.3 Å². The third-order valence-corrected chi connectivity index (χ3v) is 2.52. The highest BCUT2D eigenvalue weighted by Crippen LogP contribution is 2.30. The number of aliphatic hydroxyl groups is 1. The number of aliphatic hydroxyl groups excluding tert-OH is 1. The van der Waals surface area contributed by atoms with Gasteiger partial charge in [-0.25, -0.2) is 9.59 Å². The maximum absolute atomic E-state index is 11.3. The standard InChI is InChI=1S/C9H13NO4/c1-14-8(13)9(10)4-2-3-7(12)6(9)5-11/h7,12H,2-4,10H2,1H3. The van der Waals surface area contributed by atoms with E-state index in [1.807, 2.05) is 0 Å². The molecule has 0 amide bonds. The van der Waals surface area contributed by atoms with E-state index < -0.39 is 17.6 Å². The number of hydrogen-bond donors (Lipinski definition) is 2. The molecule has 5 heteroatoms. The van der Waals surface area contributed by atoms with E-state index in [0.717, 1.165) is 0 Å². The average molecular weight is 199 g/mol. The average Bonchev–Trinajstić information content (AvgIpc) is 2.17. The second-order valence-corrected chi connectivity index (χ2v) is 3.39. The Morgan fingerprint density at radius 1 is 1.79 bits per heavy atom. The van der Waals surface area contributed by atoms with E-state index in [1.165, 1.54) is 7.11 Å². The first-order chi connectivity index (χ1) is 6.56. The fourth-order valence-electron chi connectivity index (χ4n) is 1.70. The molecule has 78 valence electrons. The second-order valence-electron chi connectivity index (χ2n) is 3.39. The van der Waals surface area contributed by atoms with Crippen molar-refractivity contribution in [2.75, 3.05) is 7.11 Å². The molecule has 0 aliphatic heterocycles. The van der Waals surface area contributed by atoms with Gasteiger partial charge in [0.05, 0.1) is 18.8 Å². The third-order valence-electron chi connectivity index (χ3n) is 2.52. The SMILES string of the molecule is COC(=O)C1(N)CCCC(O)C1=C=O. The maximum Gasteiger partial charge on any atom is 0.331 e. The Kier molecular flexibility index (Phi) is 3.06. The van der Waals surface area contributed by atoms with Crippen molar-refractivity contribution in [3.8, 4) is 0 Å². The van der Waals surface area contributed by atoms with Crippen LogP contribution in [-0.4, -0.2) is 35.8 Å². The number of esters is 1. The molecule has 0 aromatic carbocycles. The summed E-state index contributed by atoms with van der Waals surface area (Å²) in [6, 6.07) is 0. The molecule has 0 spiro atoms. The predicted octanol–water partition coefficient (Wildman–Crippen LogP) is -0.840. The zero-order chi connectivity index (χ0) is 10.8. The molecule has 0 aromatic rings. The van der Waals surface area contributed by atoms with Crippen molar-refractivity contribution in [3.05, 3.63) is 5.57 Å². The molecule has 0 radical (unpaired) electrons. The lowest BCUT2D eigenvalue weighted by molar-refractivity contribution is -0.146. The lowest BCUT2D eigenvalue weighted by atomic mass is 9.77. The molecular formula is C9H13NO4. The Labute approximate surface area is 81.5 Å². The van der Waals surface area contributed by atoms with Crippen molar-refractivity contribution in [1.29, 1.82) is 0 Å². The van der Waals surface area contributed by atoms with Crippen molar-refractivity contribution in [2.45, 2.75) is 30.9 Å². The fraction of sp³-hybridized carbons (Fsp3) is 0.667. The van der Waals surface area contributed by atoms with Crippen LogP contribution >= 0.6 is 0 Å². The van der Waals surface area contributed by atoms with Crippen molar-refractivity contribution < 1.29 is 19.4 Å². The van der Waals surface area contributed by atoms with Crippen LogP contribution < -0.4 is 5.73 Å². The Morgan fingerprint density at radius 2 is 2.43 bits per heavy atom. The molecule has 0 heterocycles. The molecular weight excluding hydrogens is 186 g/mol. The Morgan fingerprint density at radius 3 is 2.93 bits per heavy atom. The van der Waals surface area contributed by atoms with Crippen LogP contribution in [0.15, 0.2) is 5.57 Å². The van der Waals surface area contributed by atoms with Crippen LogP contribution in [0.5, 0.6) is 0 Å². The molecule has 2 atom stereocenters. The van der Waals surface area contributed by atoms with E-state index in [0.29, 0.717) is 19.3 Å². The quantitative estimate of drug-likeness (QED) is 0.424. The molecule has 1 aliphatic rings. The highest BCUT2D eigenvalue weighted by Gasteiger charge is 2.45. The predicted molar refractivity (Wildman–Crippen MR) is 48.0 cm³/mol. The van der Waals surface area contributed by atoms with E-state index in [4.69, 9.17) is 5.73 Å². The second kappa shape index (κ2) is 3.92. The number of hydrogen-bond acceptors (Lipinski definition) is 5. The molecule has 0 aromatic heterocycles. The largest absolute Gasteiger partial charge is 0.467 e. The summed E-state index contributed by atoms with van der Waals surface area (Å²) in [5.41, 5.74) is 4.13. The molecule has 0 bridgehead atoms. The normalized spacial score (nSPS) is 32.2. The number of nitrogens with two attached hydrogens (primary N) is 1. The molecule has 3 N–H and O–H groups in total. The summed E-state index contributed by atoms with van der Waals surface area (Å²) in [5.74, 6) is 0.851. The van der Waals surface area contributed by atoms with Gasteiger partial charge < -0.3 is 15.6 Å². The van der Waals surface area contributed by atoms with Gasteiger partial charge >= 0.3 is 5.97 Å². The van der Waals surface area contributed by atoms with Crippen molar-refractivity contribution in [1.82, 2.24) is 0 Å². The Bertz CT molecular complexity index is 295. The van der Waals surface area contributed by atoms with Gasteiger partial charge in [0.25, 0.3) is 0 Å². The van der Waals surface area contributed by atoms with Gasteiger partial charge in [0.15, 0.2) is 0 Å². The highest BCUT2D eigenvalue weighted by atomic mass is 16.5. The number of carbonyl (C=O) groups excluding carboxylic acids is 2. The Hall–Kier alpha value is -1.16. The first-order valence-electron chi connectivity index (χ1n) is 4.37. The van der Waals surface area contributed by atoms with Gasteiger partial charge in [-0.3, -0.25) is 0 Å². The van der Waals surface area contributed by atoms with Gasteiger partial charge in [0.2, 0.25) is 0 Å². The topological polar surface area (TPSA) is 89.6 Å². The van der Waals surface area contributed by atoms with Gasteiger partial charge in [-0.15, -0.1) is 0 Å². The van der Waals surface area contributed by atoms with E-state index in [1.54, 1.807) is 5.94 Å². The molecule has 2 unspecified atom stereocenters. The first-order valence-corrected chi connectivity index (χ1v) is 4.37. The van der Waals surface area contributed by atoms with Crippen LogP contribution in [0, 0.1) is 0 Å². The minimum atomic E-state index is -1.49. The third kappa shape index (κ3) is 1.57. The highest BCUT2D eigenvalue weighted by molar-refractivity contribution is 5.88. The fourth-order valence-corrected chi connectivity index (χ4v) is 1.70. The number of carbonyl (C=O) groups is 1. The summed E-state index contributed by atoms with van der Waals surface area (Å²) in [4.78, 5) is 21.9. The summed E-state index contributed by atoms with van der Waals surface area (Å²) in [6.07, 6.45) is 0.338. The summed E-state index contributed by atoms with van der Waals surface area (Å²) in [6.45, 7) is 0. The van der Waals surface area contributed by atoms with E-state index >= 15 is 0 Å². The zero-order valence-corrected chi connectivity index (χ0v) is 7.95. The van der Waals surface area contributed by atoms with E-state index in [9.17, 15) is 14.7 Å². The molecule has 1 rings (SSSR count). The van der Waals surface area contributed by atoms with Gasteiger partial charge in [0, 0.05) is 0 Å². The maximum atomic E-state index is 11.3. The van der Waals surface area contributed by atoms with Gasteiger partial charge in [-0.05, 0) is 19.3 Å². The Balaban J connectivity index is 3.06. The minimum absolute atomic E-state index is 0.101. The van der Waals surface area contributed by atoms with E-state index in [-0.39, 0.29) is 5.57 Å². The summed E-state index contributed by atoms with van der Waals surface area (Å²) >= 11 is 0. The smallest absolute Gasteiger partial charge is 0.331 e. The molecule has 1 fully saturated rings. The van der Waals surface area contributed by atoms with Crippen LogP contribution in [0.1, 0.15) is 19.3 Å². The molecule has 1 aliphatic carbocycles. The van der Waals surface area contributed by atoms with Crippen molar-refractivity contribution in [3.63, 3.8) is 0 Å². The minimum Gasteiger partial charge on any atom is -0.467 e. The summed E-state index contributed by atoms with van der Waals surface area (Å²) in [7, 11) is 1.19. The first kappa shape index (κ1) is 10.9. The monoisotopic (exact) mass is 199 g/mol. The van der Waals surface area contributed by atoms with Crippen molar-refractivity contribution in [2.24, 2.45) is 5.73 Å². The van der Waals surface area contributed by atoms with Gasteiger partial charge in [0.1, 0.15) is 11.5 Å². The van der Waals surface area contributed by atoms with E-state index in [2.05, 4.69) is 4.74 Å². The number of rotatable bonds is 1. The summed E-state index contributed by atoms with van der Waals surface area (Å²) in [5, 5.41) is 9.46. The van der Waals surface area contributed by atoms with Gasteiger partial charge in [-0.2, -0.15) is 0 Å². The number of methoxy groups -OCH3 is 1. The molecule has 14 heavy (non-hydrogen) atoms. The number of ether oxygens (including phenoxy) is 1. The van der Waals surface area contributed by atoms with Crippen molar-refractivity contribution >= 4 is 11.9 Å². The molecule has 1 saturated carbocycles. The zero-order valence-electron chi connectivity index (χ0n) is 7.95. The molecule has 0 saturated heterocycles. The molecule has 5 nitrogen and oxygen atoms in total. The van der Waals surface area contributed by atoms with Crippen LogP contribution in [0.4, 0.5) is 0 Å². The van der Waals surface area contributed by atoms with Crippen LogP contribution in [0.3, 0.4) is 0 Å². The van der Waals surface area contributed by atoms with Gasteiger partial charge in [-0.1, -0.05) is 0 Å².